The lowest BCUT2D eigenvalue weighted by atomic mass is 10.1. The second kappa shape index (κ2) is 4.90. The second-order valence-electron chi connectivity index (χ2n) is 5.56. The van der Waals surface area contributed by atoms with E-state index in [0.717, 1.165) is 19.0 Å². The highest BCUT2D eigenvalue weighted by Crippen LogP contribution is 2.38. The molecule has 3 rings (SSSR count). The third-order valence-corrected chi connectivity index (χ3v) is 3.86. The number of nitrogens with zero attached hydrogens (tertiary/aromatic N) is 3. The second-order valence-corrected chi connectivity index (χ2v) is 5.56. The fourth-order valence-corrected chi connectivity index (χ4v) is 2.77. The van der Waals surface area contributed by atoms with Gasteiger partial charge in [0.2, 0.25) is 6.20 Å². The summed E-state index contributed by atoms with van der Waals surface area (Å²) in [5, 5.41) is 22.6. The van der Waals surface area contributed by atoms with Gasteiger partial charge in [0.15, 0.2) is 11.9 Å². The molecule has 2 atom stereocenters. The van der Waals surface area contributed by atoms with E-state index in [0.29, 0.717) is 29.4 Å². The Morgan fingerprint density at radius 1 is 1.45 bits per heavy atom. The van der Waals surface area contributed by atoms with E-state index in [1.54, 1.807) is 0 Å². The van der Waals surface area contributed by atoms with Crippen LogP contribution in [0.3, 0.4) is 0 Å². The molecule has 20 heavy (non-hydrogen) atoms. The van der Waals surface area contributed by atoms with Crippen LogP contribution in [0, 0.1) is 21.2 Å². The predicted molar refractivity (Wildman–Crippen MR) is 71.3 cm³/mol. The van der Waals surface area contributed by atoms with Gasteiger partial charge in [-0.2, -0.15) is 4.73 Å². The van der Waals surface area contributed by atoms with Gasteiger partial charge in [0.05, 0.1) is 23.2 Å². The minimum atomic E-state index is -0.443. The fraction of sp³-hybridized carbons (Fsp3) is 0.615. The van der Waals surface area contributed by atoms with Crippen LogP contribution < -0.4 is 9.63 Å². The molecule has 2 heterocycles. The van der Waals surface area contributed by atoms with Crippen molar-refractivity contribution in [3.8, 4) is 0 Å². The molecule has 0 aromatic carbocycles. The Hall–Kier alpha value is -1.89. The molecular weight excluding hydrogens is 262 g/mol. The maximum atomic E-state index is 11.5. The number of pyridine rings is 1. The SMILES string of the molecule is C[C@@H]1CN(c2c[n+]([O-])ccc2[N+](=O)[O-])C[C@@H](C2CC2)O1. The summed E-state index contributed by atoms with van der Waals surface area (Å²) in [4.78, 5) is 12.6. The average molecular weight is 279 g/mol. The van der Waals surface area contributed by atoms with Crippen molar-refractivity contribution in [1.29, 1.82) is 0 Å². The lowest BCUT2D eigenvalue weighted by Crippen LogP contribution is -2.48. The highest BCUT2D eigenvalue weighted by molar-refractivity contribution is 5.60. The van der Waals surface area contributed by atoms with Gasteiger partial charge < -0.3 is 14.8 Å². The van der Waals surface area contributed by atoms with Crippen LogP contribution >= 0.6 is 0 Å². The van der Waals surface area contributed by atoms with Gasteiger partial charge in [0, 0.05) is 13.1 Å². The molecule has 1 saturated carbocycles. The van der Waals surface area contributed by atoms with Gasteiger partial charge in [-0.1, -0.05) is 0 Å². The van der Waals surface area contributed by atoms with Crippen molar-refractivity contribution in [2.45, 2.75) is 32.0 Å². The number of aromatic nitrogens is 1. The third-order valence-electron chi connectivity index (χ3n) is 3.86. The normalized spacial score (nSPS) is 26.6. The molecular formula is C13H17N3O4. The zero-order chi connectivity index (χ0) is 14.3. The summed E-state index contributed by atoms with van der Waals surface area (Å²) < 4.78 is 6.50. The average Bonchev–Trinajstić information content (AvgIpc) is 3.21. The number of hydrogen-bond donors (Lipinski definition) is 0. The number of hydrogen-bond acceptors (Lipinski definition) is 5. The summed E-state index contributed by atoms with van der Waals surface area (Å²) in [5.41, 5.74) is 0.356. The van der Waals surface area contributed by atoms with Crippen molar-refractivity contribution in [1.82, 2.24) is 0 Å². The quantitative estimate of drug-likeness (QED) is 0.360. The minimum absolute atomic E-state index is 0.00858. The largest absolute Gasteiger partial charge is 0.619 e. The van der Waals surface area contributed by atoms with Gasteiger partial charge in [0.1, 0.15) is 0 Å². The zero-order valence-electron chi connectivity index (χ0n) is 11.3. The Labute approximate surface area is 116 Å². The molecule has 0 bridgehead atoms. The van der Waals surface area contributed by atoms with Crippen LogP contribution in [0.5, 0.6) is 0 Å². The van der Waals surface area contributed by atoms with Gasteiger partial charge in [-0.15, -0.1) is 0 Å². The van der Waals surface area contributed by atoms with Crippen molar-refractivity contribution in [2.75, 3.05) is 18.0 Å². The molecule has 1 aromatic rings. The van der Waals surface area contributed by atoms with E-state index >= 15 is 0 Å². The Kier molecular flexibility index (Phi) is 3.21. The maximum Gasteiger partial charge on any atom is 0.304 e. The predicted octanol–water partition coefficient (Wildman–Crippen LogP) is 1.23. The smallest absolute Gasteiger partial charge is 0.304 e. The Bertz CT molecular complexity index is 532. The lowest BCUT2D eigenvalue weighted by molar-refractivity contribution is -0.605. The first-order valence-electron chi connectivity index (χ1n) is 6.82. The number of ether oxygens (including phenoxy) is 1. The Morgan fingerprint density at radius 2 is 2.20 bits per heavy atom. The van der Waals surface area contributed by atoms with Crippen LogP contribution in [0.1, 0.15) is 19.8 Å². The molecule has 108 valence electrons. The van der Waals surface area contributed by atoms with E-state index in [9.17, 15) is 15.3 Å². The summed E-state index contributed by atoms with van der Waals surface area (Å²) in [6, 6.07) is 1.26. The van der Waals surface area contributed by atoms with E-state index in [1.165, 1.54) is 12.3 Å². The summed E-state index contributed by atoms with van der Waals surface area (Å²) in [6.07, 6.45) is 4.87. The molecule has 1 aliphatic heterocycles. The summed E-state index contributed by atoms with van der Waals surface area (Å²) >= 11 is 0. The molecule has 0 spiro atoms. The van der Waals surface area contributed by atoms with Crippen LogP contribution in [0.4, 0.5) is 11.4 Å². The van der Waals surface area contributed by atoms with Crippen molar-refractivity contribution in [3.05, 3.63) is 33.8 Å². The van der Waals surface area contributed by atoms with E-state index < -0.39 is 4.92 Å². The minimum Gasteiger partial charge on any atom is -0.619 e. The van der Waals surface area contributed by atoms with Crippen LogP contribution in [0.15, 0.2) is 18.5 Å². The third kappa shape index (κ3) is 2.53. The molecule has 0 amide bonds. The van der Waals surface area contributed by atoms with Gasteiger partial charge >= 0.3 is 5.69 Å². The van der Waals surface area contributed by atoms with Crippen LogP contribution in [0.25, 0.3) is 0 Å². The fourth-order valence-electron chi connectivity index (χ4n) is 2.77. The Morgan fingerprint density at radius 3 is 2.85 bits per heavy atom. The highest BCUT2D eigenvalue weighted by atomic mass is 16.6. The van der Waals surface area contributed by atoms with Gasteiger partial charge in [-0.05, 0) is 25.7 Å². The molecule has 2 aliphatic rings. The maximum absolute atomic E-state index is 11.5. The number of anilines is 1. The summed E-state index contributed by atoms with van der Waals surface area (Å²) in [7, 11) is 0. The molecule has 0 N–H and O–H groups in total. The monoisotopic (exact) mass is 279 g/mol. The van der Waals surface area contributed by atoms with Crippen LogP contribution in [-0.4, -0.2) is 30.2 Å². The van der Waals surface area contributed by atoms with Gasteiger partial charge in [0.25, 0.3) is 0 Å². The van der Waals surface area contributed by atoms with Crippen molar-refractivity contribution in [3.63, 3.8) is 0 Å². The topological polar surface area (TPSA) is 82.5 Å². The van der Waals surface area contributed by atoms with E-state index in [2.05, 4.69) is 0 Å². The van der Waals surface area contributed by atoms with E-state index in [-0.39, 0.29) is 17.9 Å². The van der Waals surface area contributed by atoms with E-state index in [1.807, 2.05) is 11.8 Å². The first kappa shape index (κ1) is 13.1. The first-order valence-corrected chi connectivity index (χ1v) is 6.82. The zero-order valence-corrected chi connectivity index (χ0v) is 11.3. The summed E-state index contributed by atoms with van der Waals surface area (Å²) in [6.45, 7) is 3.13. The van der Waals surface area contributed by atoms with Gasteiger partial charge in [-0.25, -0.2) is 0 Å². The van der Waals surface area contributed by atoms with Crippen molar-refractivity contribution >= 4 is 11.4 Å². The molecule has 7 nitrogen and oxygen atoms in total. The number of rotatable bonds is 3. The molecule has 0 unspecified atom stereocenters. The number of nitro groups is 1. The van der Waals surface area contributed by atoms with E-state index in [4.69, 9.17) is 4.74 Å². The Balaban J connectivity index is 1.90. The van der Waals surface area contributed by atoms with Crippen LogP contribution in [-0.2, 0) is 4.74 Å². The summed E-state index contributed by atoms with van der Waals surface area (Å²) in [5.74, 6) is 0.558. The highest BCUT2D eigenvalue weighted by Gasteiger charge is 2.39. The molecule has 1 aliphatic carbocycles. The van der Waals surface area contributed by atoms with Gasteiger partial charge in [-0.3, -0.25) is 10.1 Å². The lowest BCUT2D eigenvalue weighted by Gasteiger charge is -2.37. The molecule has 0 radical (unpaired) electrons. The van der Waals surface area contributed by atoms with Crippen LogP contribution in [0.2, 0.25) is 0 Å². The van der Waals surface area contributed by atoms with Crippen molar-refractivity contribution < 1.29 is 14.4 Å². The molecule has 1 saturated heterocycles. The molecule has 1 aromatic heterocycles. The number of morpholine rings is 1. The first-order chi connectivity index (χ1) is 9.54. The van der Waals surface area contributed by atoms with Crippen molar-refractivity contribution in [2.24, 2.45) is 5.92 Å². The molecule has 2 fully saturated rings. The standard InChI is InChI=1S/C13H17N3O4/c1-9-6-14(8-13(20-9)10-2-3-10)12-7-15(17)5-4-11(12)16(18)19/h4-5,7,9-10,13H,2-3,6,8H2,1H3/t9-,13+/m1/s1. The molecule has 7 heteroatoms.